The molecule has 0 radical (unpaired) electrons. The molecule has 0 saturated heterocycles. The van der Waals surface area contributed by atoms with E-state index in [2.05, 4.69) is 171 Å². The van der Waals surface area contributed by atoms with Crippen molar-refractivity contribution in [3.05, 3.63) is 166 Å². The van der Waals surface area contributed by atoms with Gasteiger partial charge in [0.15, 0.2) is 0 Å². The second-order valence-corrected chi connectivity index (χ2v) is 34.3. The maximum Gasteiger partial charge on any atom is 0.416 e. The molecule has 0 aliphatic rings. The molecule has 414 valence electrons. The molecular weight excluding hydrogens is 974 g/mol. The first-order valence-electron chi connectivity index (χ1n) is 26.6. The van der Waals surface area contributed by atoms with Crippen molar-refractivity contribution < 1.29 is 35.2 Å². The molecule has 0 aliphatic heterocycles. The normalized spacial score (nSPS) is 12.6. The fraction of sp³-hybridized carbons (Fsp3) is 0.531. The minimum absolute atomic E-state index is 0.0246. The lowest BCUT2D eigenvalue weighted by Crippen LogP contribution is -2.37. The van der Waals surface area contributed by atoms with E-state index in [1.807, 2.05) is 32.9 Å². The zero-order valence-corrected chi connectivity index (χ0v) is 51.3. The number of hydrogen-bond acceptors (Lipinski definition) is 1. The lowest BCUT2D eigenvalue weighted by molar-refractivity contribution is -0.137. The highest BCUT2D eigenvalue weighted by atomic mass is 28.4. The molecule has 5 rings (SSSR count). The van der Waals surface area contributed by atoms with E-state index >= 15 is 0 Å². The molecule has 0 atom stereocenters. The smallest absolute Gasteiger partial charge is 0.416 e. The van der Waals surface area contributed by atoms with Crippen LogP contribution in [0, 0.1) is 5.82 Å². The van der Waals surface area contributed by atoms with Crippen LogP contribution in [0.4, 0.5) is 30.7 Å². The minimum atomic E-state index is -4.25. The molecule has 5 aromatic rings. The minimum Gasteiger partial charge on any atom is -0.544 e. The predicted molar refractivity (Wildman–Crippen MR) is 310 cm³/mol. The summed E-state index contributed by atoms with van der Waals surface area (Å²) in [5.41, 5.74) is 6.18. The van der Waals surface area contributed by atoms with Crippen LogP contribution in [0.1, 0.15) is 175 Å². The van der Waals surface area contributed by atoms with Crippen molar-refractivity contribution in [2.45, 2.75) is 221 Å². The Morgan fingerprint density at radius 1 is 0.392 bits per heavy atom. The van der Waals surface area contributed by atoms with Gasteiger partial charge in [0, 0.05) is 0 Å². The van der Waals surface area contributed by atoms with Crippen LogP contribution in [0.2, 0.25) is 39.3 Å². The molecule has 1 nitrogen and oxygen atoms in total. The average molecular weight is 1070 g/mol. The maximum absolute atomic E-state index is 12.6. The summed E-state index contributed by atoms with van der Waals surface area (Å²) in [7, 11) is -2.60. The zero-order chi connectivity index (χ0) is 57.4. The quantitative estimate of drug-likeness (QED) is 0.0795. The Kier molecular flexibility index (Phi) is 25.5. The van der Waals surface area contributed by atoms with Gasteiger partial charge in [-0.15, -0.1) is 0 Å². The van der Waals surface area contributed by atoms with Crippen LogP contribution in [-0.2, 0) is 39.7 Å². The van der Waals surface area contributed by atoms with Gasteiger partial charge in [-0.1, -0.05) is 220 Å². The second-order valence-electron chi connectivity index (χ2n) is 24.8. The molecule has 0 amide bonds. The van der Waals surface area contributed by atoms with Crippen molar-refractivity contribution in [2.75, 3.05) is 0 Å². The summed E-state index contributed by atoms with van der Waals surface area (Å²) >= 11 is 0. The molecule has 0 spiro atoms. The highest BCUT2D eigenvalue weighted by molar-refractivity contribution is 6.88. The summed E-state index contributed by atoms with van der Waals surface area (Å²) in [5, 5.41) is 1.55. The fourth-order valence-corrected chi connectivity index (χ4v) is 9.10. The van der Waals surface area contributed by atoms with Crippen LogP contribution < -0.4 is 9.61 Å². The topological polar surface area (TPSA) is 9.23 Å². The largest absolute Gasteiger partial charge is 0.544 e. The van der Waals surface area contributed by atoms with Crippen molar-refractivity contribution in [1.29, 1.82) is 0 Å². The van der Waals surface area contributed by atoms with Gasteiger partial charge in [0.05, 0.1) is 20.1 Å². The number of alkyl halides is 6. The Bertz CT molecular complexity index is 2290. The Hall–Kier alpha value is -4.16. The summed E-state index contributed by atoms with van der Waals surface area (Å²) in [6, 6.07) is 36.9. The van der Waals surface area contributed by atoms with E-state index in [0.29, 0.717) is 11.0 Å². The maximum atomic E-state index is 12.6. The van der Waals surface area contributed by atoms with Gasteiger partial charge in [0.1, 0.15) is 11.6 Å². The van der Waals surface area contributed by atoms with E-state index in [9.17, 15) is 30.7 Å². The lowest BCUT2D eigenvalue weighted by atomic mass is 9.81. The standard InChI is InChI=1S/C14H24OSi.C14H24Si.C13H17F3.C12H15F3.C11H15F/c1-7-14(2,3)12-8-10-13(11-9-12)15-16(4,5)6;1-7-14(2,3)12-8-10-13(11-9-12)15(4,5)6;1-4-12(2,3)11-7-5-10(6-8-11)9-13(14,15)16;1-4-11(2,3)9-6-5-7-10(8-9)12(13,14)15;1-4-11(2,3)9-5-7-10(12)8-6-9/h8-11H,7H2,1-6H3;8-11H,7H2,1-6H3;5-8H,4,9H2,1-3H3;5-8H,4H2,1-3H3;5-8H,4H2,1-3H3. The Morgan fingerprint density at radius 3 is 1.01 bits per heavy atom. The average Bonchev–Trinajstić information content (AvgIpc) is 3.31. The Labute approximate surface area is 447 Å². The van der Waals surface area contributed by atoms with Crippen LogP contribution in [0.15, 0.2) is 121 Å². The first kappa shape index (κ1) is 67.9. The van der Waals surface area contributed by atoms with Gasteiger partial charge in [0.2, 0.25) is 8.32 Å². The fourth-order valence-electron chi connectivity index (χ4n) is 7.09. The third-order valence-electron chi connectivity index (χ3n) is 14.7. The first-order valence-corrected chi connectivity index (χ1v) is 33.5. The van der Waals surface area contributed by atoms with Crippen LogP contribution in [-0.4, -0.2) is 22.6 Å². The molecule has 0 fully saturated rings. The van der Waals surface area contributed by atoms with E-state index < -0.39 is 40.7 Å². The predicted octanol–water partition coefficient (Wildman–Crippen LogP) is 20.9. The molecule has 5 aromatic carbocycles. The third-order valence-corrected chi connectivity index (χ3v) is 17.7. The van der Waals surface area contributed by atoms with Crippen molar-refractivity contribution in [2.24, 2.45) is 0 Å². The van der Waals surface area contributed by atoms with E-state index in [1.54, 1.807) is 35.5 Å². The Morgan fingerprint density at radius 2 is 0.703 bits per heavy atom. The summed E-state index contributed by atoms with van der Waals surface area (Å²) in [5.74, 6) is 0.848. The molecule has 0 bridgehead atoms. The summed E-state index contributed by atoms with van der Waals surface area (Å²) in [6.07, 6.45) is -4.03. The van der Waals surface area contributed by atoms with E-state index in [-0.39, 0.29) is 27.5 Å². The molecule has 74 heavy (non-hydrogen) atoms. The van der Waals surface area contributed by atoms with Crippen molar-refractivity contribution >= 4 is 21.6 Å². The second kappa shape index (κ2) is 27.8. The van der Waals surface area contributed by atoms with Crippen molar-refractivity contribution in [3.63, 3.8) is 0 Å². The molecule has 10 heteroatoms. The van der Waals surface area contributed by atoms with Gasteiger partial charge < -0.3 is 4.43 Å². The molecule has 0 unspecified atom stereocenters. The van der Waals surface area contributed by atoms with Gasteiger partial charge in [-0.05, 0) is 143 Å². The van der Waals surface area contributed by atoms with Crippen LogP contribution in [0.25, 0.3) is 0 Å². The number of hydrogen-bond donors (Lipinski definition) is 0. The molecule has 0 saturated carbocycles. The molecule has 0 heterocycles. The molecular formula is C64H95F7OSi2. The van der Waals surface area contributed by atoms with Gasteiger partial charge in [-0.3, -0.25) is 0 Å². The summed E-state index contributed by atoms with van der Waals surface area (Å²) in [4.78, 5) is 0. The zero-order valence-electron chi connectivity index (χ0n) is 49.3. The van der Waals surface area contributed by atoms with Crippen LogP contribution in [0.5, 0.6) is 5.75 Å². The van der Waals surface area contributed by atoms with Crippen LogP contribution in [0.3, 0.4) is 0 Å². The summed E-state index contributed by atoms with van der Waals surface area (Å²) in [6.45, 7) is 46.1. The SMILES string of the molecule is CCC(C)(C)c1ccc(CC(F)(F)F)cc1.CCC(C)(C)c1ccc(F)cc1.CCC(C)(C)c1ccc(O[Si](C)(C)C)cc1.CCC(C)(C)c1ccc([Si](C)(C)C)cc1.CCC(C)(C)c1cccc(C(F)(F)F)c1. The van der Waals surface area contributed by atoms with Crippen molar-refractivity contribution in [1.82, 2.24) is 0 Å². The van der Waals surface area contributed by atoms with Gasteiger partial charge in [0.25, 0.3) is 0 Å². The lowest BCUT2D eigenvalue weighted by Gasteiger charge is -2.25. The van der Waals surface area contributed by atoms with Crippen molar-refractivity contribution in [3.8, 4) is 5.75 Å². The highest BCUT2D eigenvalue weighted by Crippen LogP contribution is 2.35. The number of benzene rings is 5. The van der Waals surface area contributed by atoms with Crippen LogP contribution >= 0.6 is 0 Å². The Balaban J connectivity index is 0.000000464. The monoisotopic (exact) mass is 1070 g/mol. The molecule has 0 aliphatic carbocycles. The summed E-state index contributed by atoms with van der Waals surface area (Å²) < 4.78 is 92.3. The number of halogens is 7. The van der Waals surface area contributed by atoms with E-state index in [0.717, 1.165) is 48.6 Å². The van der Waals surface area contributed by atoms with E-state index in [1.165, 1.54) is 47.4 Å². The van der Waals surface area contributed by atoms with E-state index in [4.69, 9.17) is 4.43 Å². The van der Waals surface area contributed by atoms with Gasteiger partial charge in [-0.2, -0.15) is 26.3 Å². The number of rotatable bonds is 14. The molecule has 0 N–H and O–H groups in total. The van der Waals surface area contributed by atoms with Gasteiger partial charge in [-0.25, -0.2) is 4.39 Å². The third kappa shape index (κ3) is 23.8. The highest BCUT2D eigenvalue weighted by Gasteiger charge is 2.32. The van der Waals surface area contributed by atoms with Gasteiger partial charge >= 0.3 is 12.4 Å². The molecule has 0 aromatic heterocycles. The first-order chi connectivity index (χ1) is 33.6.